The van der Waals surface area contributed by atoms with Crippen LogP contribution in [0.1, 0.15) is 19.4 Å². The van der Waals surface area contributed by atoms with Crippen LogP contribution in [0.15, 0.2) is 23.2 Å². The molecule has 1 aromatic carbocycles. The highest BCUT2D eigenvalue weighted by Gasteiger charge is 2.20. The van der Waals surface area contributed by atoms with E-state index in [-0.39, 0.29) is 29.9 Å². The molecule has 0 spiro atoms. The van der Waals surface area contributed by atoms with Crippen molar-refractivity contribution in [2.24, 2.45) is 4.99 Å². The molecule has 26 heavy (non-hydrogen) atoms. The predicted octanol–water partition coefficient (Wildman–Crippen LogP) is 2.64. The van der Waals surface area contributed by atoms with E-state index in [4.69, 9.17) is 21.3 Å². The number of methoxy groups -OCH3 is 1. The Morgan fingerprint density at radius 2 is 1.92 bits per heavy atom. The Morgan fingerprint density at radius 3 is 2.46 bits per heavy atom. The summed E-state index contributed by atoms with van der Waals surface area (Å²) in [6.07, 6.45) is 0.769. The van der Waals surface area contributed by atoms with Gasteiger partial charge in [0.1, 0.15) is 5.75 Å². The molecule has 8 heteroatoms. The lowest BCUT2D eigenvalue weighted by molar-refractivity contribution is -0.130. The van der Waals surface area contributed by atoms with Crippen LogP contribution in [0.25, 0.3) is 0 Å². The van der Waals surface area contributed by atoms with Crippen LogP contribution in [0, 0.1) is 0 Å². The molecule has 146 valence electrons. The van der Waals surface area contributed by atoms with E-state index in [0.29, 0.717) is 11.6 Å². The van der Waals surface area contributed by atoms with Crippen molar-refractivity contribution in [3.05, 3.63) is 28.8 Å². The summed E-state index contributed by atoms with van der Waals surface area (Å²) < 4.78 is 5.17. The Labute approximate surface area is 177 Å². The number of amides is 1. The van der Waals surface area contributed by atoms with E-state index >= 15 is 0 Å². The number of ether oxygens (including phenoxy) is 1. The van der Waals surface area contributed by atoms with Gasteiger partial charge in [-0.3, -0.25) is 9.79 Å². The Bertz CT molecular complexity index is 619. The Kier molecular flexibility index (Phi) is 10.1. The molecule has 0 atom stereocenters. The molecular weight excluding hydrogens is 467 g/mol. The van der Waals surface area contributed by atoms with Gasteiger partial charge in [-0.1, -0.05) is 17.7 Å². The van der Waals surface area contributed by atoms with Crippen LogP contribution in [0.3, 0.4) is 0 Å². The quantitative estimate of drug-likeness (QED) is 0.388. The Balaban J connectivity index is 0.00000338. The Hall–Kier alpha value is -1.22. The molecule has 2 rings (SSSR count). The Morgan fingerprint density at radius 1 is 1.27 bits per heavy atom. The third-order valence-electron chi connectivity index (χ3n) is 4.26. The normalized spacial score (nSPS) is 14.7. The number of aliphatic imine (C=N–C) groups is 1. The van der Waals surface area contributed by atoms with Crippen molar-refractivity contribution in [3.8, 4) is 5.75 Å². The van der Waals surface area contributed by atoms with Crippen LogP contribution < -0.4 is 10.1 Å². The fourth-order valence-electron chi connectivity index (χ4n) is 2.80. The second-order valence-corrected chi connectivity index (χ2v) is 6.34. The van der Waals surface area contributed by atoms with Crippen molar-refractivity contribution in [2.75, 3.05) is 46.4 Å². The summed E-state index contributed by atoms with van der Waals surface area (Å²) in [6, 6.07) is 5.72. The van der Waals surface area contributed by atoms with Gasteiger partial charge in [-0.05, 0) is 31.0 Å². The molecule has 1 aliphatic rings. The molecule has 0 saturated carbocycles. The molecule has 1 fully saturated rings. The van der Waals surface area contributed by atoms with Gasteiger partial charge in [0, 0.05) is 51.2 Å². The number of carbonyl (C=O) groups is 1. The minimum atomic E-state index is 0. The number of nitrogens with one attached hydrogen (secondary N) is 1. The van der Waals surface area contributed by atoms with E-state index in [0.717, 1.165) is 56.4 Å². The van der Waals surface area contributed by atoms with E-state index in [1.807, 2.05) is 23.1 Å². The number of benzene rings is 1. The van der Waals surface area contributed by atoms with Gasteiger partial charge in [-0.15, -0.1) is 24.0 Å². The molecule has 1 aliphatic heterocycles. The topological polar surface area (TPSA) is 57.2 Å². The van der Waals surface area contributed by atoms with Crippen LogP contribution in [-0.4, -0.2) is 68.0 Å². The minimum Gasteiger partial charge on any atom is -0.497 e. The molecule has 1 saturated heterocycles. The summed E-state index contributed by atoms with van der Waals surface area (Å²) in [7, 11) is 1.63. The van der Waals surface area contributed by atoms with Gasteiger partial charge in [-0.25, -0.2) is 0 Å². The second kappa shape index (κ2) is 11.5. The number of piperazine rings is 1. The average molecular weight is 495 g/mol. The van der Waals surface area contributed by atoms with Gasteiger partial charge < -0.3 is 19.9 Å². The van der Waals surface area contributed by atoms with E-state index in [1.54, 1.807) is 14.0 Å². The zero-order chi connectivity index (χ0) is 18.2. The third-order valence-corrected chi connectivity index (χ3v) is 4.61. The molecule has 6 nitrogen and oxygen atoms in total. The number of hydrogen-bond donors (Lipinski definition) is 1. The van der Waals surface area contributed by atoms with E-state index < -0.39 is 0 Å². The van der Waals surface area contributed by atoms with Crippen molar-refractivity contribution in [1.29, 1.82) is 0 Å². The van der Waals surface area contributed by atoms with E-state index in [1.165, 1.54) is 0 Å². The maximum absolute atomic E-state index is 11.4. The van der Waals surface area contributed by atoms with Crippen LogP contribution in [0.5, 0.6) is 5.75 Å². The van der Waals surface area contributed by atoms with Crippen molar-refractivity contribution in [1.82, 2.24) is 15.1 Å². The third kappa shape index (κ3) is 6.50. The SMILES string of the molecule is CCNC(=NCCc1ccc(OC)cc1Cl)N1CCN(C(C)=O)CC1.I. The molecule has 1 N–H and O–H groups in total. The van der Waals surface area contributed by atoms with Crippen molar-refractivity contribution >= 4 is 47.4 Å². The standard InChI is InChI=1S/C18H27ClN4O2.HI/c1-4-20-18(23-11-9-22(10-12-23)14(2)24)21-8-7-15-5-6-16(25-3)13-17(15)19;/h5-6,13H,4,7-12H2,1-3H3,(H,20,21);1H. The van der Waals surface area contributed by atoms with Crippen LogP contribution >= 0.6 is 35.6 Å². The number of carbonyl (C=O) groups excluding carboxylic acids is 1. The van der Waals surface area contributed by atoms with E-state index in [2.05, 4.69) is 17.1 Å². The lowest BCUT2D eigenvalue weighted by Gasteiger charge is -2.36. The summed E-state index contributed by atoms with van der Waals surface area (Å²) in [5.41, 5.74) is 1.06. The predicted molar refractivity (Wildman–Crippen MR) is 117 cm³/mol. The first-order valence-electron chi connectivity index (χ1n) is 8.66. The number of rotatable bonds is 5. The lowest BCUT2D eigenvalue weighted by Crippen LogP contribution is -2.53. The first kappa shape index (κ1) is 22.8. The number of nitrogens with zero attached hydrogens (tertiary/aromatic N) is 3. The summed E-state index contributed by atoms with van der Waals surface area (Å²) >= 11 is 6.29. The zero-order valence-electron chi connectivity index (χ0n) is 15.6. The summed E-state index contributed by atoms with van der Waals surface area (Å²) in [5, 5.41) is 4.04. The zero-order valence-corrected chi connectivity index (χ0v) is 18.7. The van der Waals surface area contributed by atoms with Gasteiger partial charge in [-0.2, -0.15) is 0 Å². The minimum absolute atomic E-state index is 0. The van der Waals surface area contributed by atoms with Crippen molar-refractivity contribution in [2.45, 2.75) is 20.3 Å². The van der Waals surface area contributed by atoms with Crippen LogP contribution in [0.4, 0.5) is 0 Å². The highest BCUT2D eigenvalue weighted by molar-refractivity contribution is 14.0. The average Bonchev–Trinajstić information content (AvgIpc) is 2.62. The first-order chi connectivity index (χ1) is 12.0. The summed E-state index contributed by atoms with van der Waals surface area (Å²) in [6.45, 7) is 8.23. The monoisotopic (exact) mass is 494 g/mol. The molecule has 0 aliphatic carbocycles. The molecular formula is C18H28ClIN4O2. The number of guanidine groups is 1. The molecule has 1 amide bonds. The first-order valence-corrected chi connectivity index (χ1v) is 9.04. The van der Waals surface area contributed by atoms with Gasteiger partial charge in [0.15, 0.2) is 5.96 Å². The molecule has 0 radical (unpaired) electrons. The maximum Gasteiger partial charge on any atom is 0.219 e. The summed E-state index contributed by atoms with van der Waals surface area (Å²) in [5.74, 6) is 1.79. The van der Waals surface area contributed by atoms with Gasteiger partial charge in [0.25, 0.3) is 0 Å². The number of halogens is 2. The molecule has 1 aromatic rings. The molecule has 0 bridgehead atoms. The fraction of sp³-hybridized carbons (Fsp3) is 0.556. The van der Waals surface area contributed by atoms with Crippen molar-refractivity contribution < 1.29 is 9.53 Å². The molecule has 1 heterocycles. The smallest absolute Gasteiger partial charge is 0.219 e. The molecule has 0 aromatic heterocycles. The highest BCUT2D eigenvalue weighted by atomic mass is 127. The fourth-order valence-corrected chi connectivity index (χ4v) is 3.06. The highest BCUT2D eigenvalue weighted by Crippen LogP contribution is 2.22. The number of hydrogen-bond acceptors (Lipinski definition) is 3. The lowest BCUT2D eigenvalue weighted by atomic mass is 10.1. The largest absolute Gasteiger partial charge is 0.497 e. The van der Waals surface area contributed by atoms with Crippen molar-refractivity contribution in [3.63, 3.8) is 0 Å². The maximum atomic E-state index is 11.4. The molecule has 0 unspecified atom stereocenters. The van der Waals surface area contributed by atoms with Crippen LogP contribution in [-0.2, 0) is 11.2 Å². The van der Waals surface area contributed by atoms with Crippen LogP contribution in [0.2, 0.25) is 5.02 Å². The van der Waals surface area contributed by atoms with Gasteiger partial charge >= 0.3 is 0 Å². The van der Waals surface area contributed by atoms with E-state index in [9.17, 15) is 4.79 Å². The second-order valence-electron chi connectivity index (χ2n) is 5.94. The van der Waals surface area contributed by atoms with Gasteiger partial charge in [0.2, 0.25) is 5.91 Å². The summed E-state index contributed by atoms with van der Waals surface area (Å²) in [4.78, 5) is 20.3. The van der Waals surface area contributed by atoms with Gasteiger partial charge in [0.05, 0.1) is 7.11 Å².